The zero-order valence-corrected chi connectivity index (χ0v) is 19.6. The van der Waals surface area contributed by atoms with Crippen LogP contribution in [0.2, 0.25) is 0 Å². The van der Waals surface area contributed by atoms with Crippen molar-refractivity contribution in [2.24, 2.45) is 0 Å². The Balaban J connectivity index is -0.000000202. The maximum absolute atomic E-state index is 7.56. The minimum absolute atomic E-state index is 0. The van der Waals surface area contributed by atoms with Gasteiger partial charge in [0.15, 0.2) is 0 Å². The zero-order valence-electron chi connectivity index (χ0n) is 12.2. The fourth-order valence-corrected chi connectivity index (χ4v) is 1.77. The molecule has 0 heterocycles. The summed E-state index contributed by atoms with van der Waals surface area (Å²) in [6.07, 6.45) is 15.0. The molecule has 2 radical (unpaired) electrons. The third-order valence-electron chi connectivity index (χ3n) is 2.50. The summed E-state index contributed by atoms with van der Waals surface area (Å²) in [5.74, 6) is 0. The Hall–Kier alpha value is 1.86. The molecule has 130 valence electrons. The Morgan fingerprint density at radius 1 is 0.429 bits per heavy atom. The molecule has 0 aromatic rings. The van der Waals surface area contributed by atoms with Gasteiger partial charge in [0.25, 0.3) is 0 Å². The molecule has 2 aliphatic rings. The molecule has 11 heteroatoms. The van der Waals surface area contributed by atoms with Gasteiger partial charge in [0, 0.05) is 0 Å². The van der Waals surface area contributed by atoms with Gasteiger partial charge in [-0.25, -0.2) is 0 Å². The average molecular weight is 489 g/mol. The molecule has 2 rings (SSSR count). The summed E-state index contributed by atoms with van der Waals surface area (Å²) in [7, 11) is 0. The van der Waals surface area contributed by atoms with E-state index < -0.39 is 13.4 Å². The predicted molar refractivity (Wildman–Crippen MR) is 96.6 cm³/mol. The van der Waals surface area contributed by atoms with Gasteiger partial charge in [0.05, 0.1) is 0 Å². The van der Waals surface area contributed by atoms with E-state index in [1.165, 1.54) is 64.2 Å². The van der Waals surface area contributed by atoms with Gasteiger partial charge in [-0.15, -0.1) is 0 Å². The van der Waals surface area contributed by atoms with Crippen LogP contribution in [0.3, 0.4) is 0 Å². The van der Waals surface area contributed by atoms with Crippen molar-refractivity contribution in [2.75, 3.05) is 0 Å². The normalized spacial score (nSPS) is 17.0. The van der Waals surface area contributed by atoms with Crippen molar-refractivity contribution in [2.45, 2.75) is 64.2 Å². The molecule has 2 fully saturated rings. The summed E-state index contributed by atoms with van der Waals surface area (Å²) in [6.45, 7) is -7.61. The first-order chi connectivity index (χ1) is 9.00. The molecule has 0 aliphatic heterocycles. The first-order valence-corrected chi connectivity index (χ1v) is 11.9. The van der Waals surface area contributed by atoms with E-state index in [-0.39, 0.29) is 23.9 Å². The van der Waals surface area contributed by atoms with Gasteiger partial charge in [-0.1, -0.05) is 64.2 Å². The number of rotatable bonds is 0. The van der Waals surface area contributed by atoms with Gasteiger partial charge < -0.3 is 29.4 Å². The first kappa shape index (κ1) is 27.7. The van der Waals surface area contributed by atoms with Gasteiger partial charge in [-0.2, -0.15) is 0 Å². The van der Waals surface area contributed by atoms with E-state index in [1.807, 2.05) is 0 Å². The third kappa shape index (κ3) is 61.3. The SMILES string of the molecule is C1CCCC1.C1CCCC1.OP(O)(O)=S.OP(O)(O)=S.[SnH2]. The summed E-state index contributed by atoms with van der Waals surface area (Å²) >= 11 is 7.21. The van der Waals surface area contributed by atoms with Crippen LogP contribution in [0.25, 0.3) is 0 Å². The molecule has 0 atom stereocenters. The van der Waals surface area contributed by atoms with E-state index in [9.17, 15) is 0 Å². The van der Waals surface area contributed by atoms with Crippen molar-refractivity contribution in [1.82, 2.24) is 0 Å². The topological polar surface area (TPSA) is 121 Å². The maximum atomic E-state index is 7.56. The van der Waals surface area contributed by atoms with E-state index in [4.69, 9.17) is 29.4 Å². The predicted octanol–water partition coefficient (Wildman–Crippen LogP) is 1.36. The Bertz CT molecular complexity index is 240. The van der Waals surface area contributed by atoms with Crippen LogP contribution in [0, 0.1) is 0 Å². The van der Waals surface area contributed by atoms with E-state index >= 15 is 0 Å². The quantitative estimate of drug-likeness (QED) is 0.223. The van der Waals surface area contributed by atoms with Gasteiger partial charge in [0.2, 0.25) is 0 Å². The molecule has 21 heavy (non-hydrogen) atoms. The van der Waals surface area contributed by atoms with E-state index in [1.54, 1.807) is 0 Å². The second-order valence-corrected chi connectivity index (χ2v) is 9.55. The molecule has 0 aromatic heterocycles. The van der Waals surface area contributed by atoms with Crippen LogP contribution < -0.4 is 0 Å². The summed E-state index contributed by atoms with van der Waals surface area (Å²) in [4.78, 5) is 45.3. The molecule has 0 aromatic carbocycles. The fraction of sp³-hybridized carbons (Fsp3) is 1.00. The zero-order chi connectivity index (χ0) is 16.1. The minimum atomic E-state index is -3.81. The van der Waals surface area contributed by atoms with Crippen molar-refractivity contribution in [3.8, 4) is 0 Å². The van der Waals surface area contributed by atoms with Crippen molar-refractivity contribution in [3.05, 3.63) is 0 Å². The molecule has 6 N–H and O–H groups in total. The molecular formula is C10H28O6P2S2Sn. The fourth-order valence-electron chi connectivity index (χ4n) is 1.77. The van der Waals surface area contributed by atoms with Crippen LogP contribution in [0.5, 0.6) is 0 Å². The standard InChI is InChI=1S/2C5H10.2H3O3PS.Sn.2H/c2*1-2-4-5-3-1;2*1-4(2,3)5;;;/h2*1-5H2;2*(H3,1,2,3,5);;;. The molecule has 0 spiro atoms. The Labute approximate surface area is 154 Å². The summed E-state index contributed by atoms with van der Waals surface area (Å²) in [6, 6.07) is 0. The van der Waals surface area contributed by atoms with Crippen LogP contribution >= 0.6 is 13.4 Å². The molecule has 6 nitrogen and oxygen atoms in total. The Morgan fingerprint density at radius 3 is 0.524 bits per heavy atom. The van der Waals surface area contributed by atoms with Crippen molar-refractivity contribution in [1.29, 1.82) is 0 Å². The molecule has 0 amide bonds. The van der Waals surface area contributed by atoms with Gasteiger partial charge in [-0.3, -0.25) is 0 Å². The summed E-state index contributed by atoms with van der Waals surface area (Å²) in [5.41, 5.74) is 0. The van der Waals surface area contributed by atoms with Crippen molar-refractivity contribution >= 4 is 61.0 Å². The molecule has 2 aliphatic carbocycles. The number of hydrogen-bond donors (Lipinski definition) is 6. The molecule has 0 bridgehead atoms. The Morgan fingerprint density at radius 2 is 0.476 bits per heavy atom. The first-order valence-electron chi connectivity index (χ1n) is 6.57. The molecule has 0 unspecified atom stereocenters. The monoisotopic (exact) mass is 490 g/mol. The second-order valence-electron chi connectivity index (χ2n) is 4.56. The van der Waals surface area contributed by atoms with Crippen molar-refractivity contribution in [3.63, 3.8) is 0 Å². The molecule has 2 saturated carbocycles. The van der Waals surface area contributed by atoms with Crippen LogP contribution in [0.1, 0.15) is 64.2 Å². The third-order valence-corrected chi connectivity index (χ3v) is 2.50. The van der Waals surface area contributed by atoms with Crippen LogP contribution in [-0.4, -0.2) is 53.3 Å². The summed E-state index contributed by atoms with van der Waals surface area (Å²) < 4.78 is 0. The van der Waals surface area contributed by atoms with E-state index in [0.29, 0.717) is 0 Å². The van der Waals surface area contributed by atoms with Gasteiger partial charge >= 0.3 is 37.3 Å². The number of hydrogen-bond acceptors (Lipinski definition) is 2. The van der Waals surface area contributed by atoms with E-state index in [0.717, 1.165) is 0 Å². The van der Waals surface area contributed by atoms with E-state index in [2.05, 4.69) is 23.6 Å². The van der Waals surface area contributed by atoms with Gasteiger partial charge in [-0.05, 0) is 23.6 Å². The van der Waals surface area contributed by atoms with Gasteiger partial charge in [0.1, 0.15) is 0 Å². The average Bonchev–Trinajstić information content (AvgIpc) is 2.92. The van der Waals surface area contributed by atoms with Crippen molar-refractivity contribution < 1.29 is 29.4 Å². The summed E-state index contributed by atoms with van der Waals surface area (Å²) in [5, 5.41) is 0. The van der Waals surface area contributed by atoms with Crippen LogP contribution in [-0.2, 0) is 23.6 Å². The Kier molecular flexibility index (Phi) is 22.0. The second kappa shape index (κ2) is 16.7. The van der Waals surface area contributed by atoms with Crippen LogP contribution in [0.4, 0.5) is 0 Å². The molecular weight excluding hydrogens is 461 g/mol. The molecule has 0 saturated heterocycles. The van der Waals surface area contributed by atoms with Crippen LogP contribution in [0.15, 0.2) is 0 Å².